The maximum atomic E-state index is 12.2. The topological polar surface area (TPSA) is 114 Å². The first-order chi connectivity index (χ1) is 13.9. The number of carbonyl (C=O) groups excluding carboxylic acids is 3. The van der Waals surface area contributed by atoms with E-state index in [4.69, 9.17) is 24.7 Å². The Morgan fingerprint density at radius 2 is 1.79 bits per heavy atom. The molecular weight excluding hydrogens is 398 g/mol. The third-order valence-corrected chi connectivity index (χ3v) is 4.81. The summed E-state index contributed by atoms with van der Waals surface area (Å²) in [6.07, 6.45) is 2.78. The highest BCUT2D eigenvalue weighted by molar-refractivity contribution is 7.18. The molecule has 154 valence electrons. The normalized spacial score (nSPS) is 10.6. The van der Waals surface area contributed by atoms with Crippen LogP contribution >= 0.6 is 11.3 Å². The van der Waals surface area contributed by atoms with Crippen LogP contribution < -0.4 is 10.5 Å². The lowest BCUT2D eigenvalue weighted by molar-refractivity contribution is -0.138. The minimum atomic E-state index is -0.735. The predicted molar refractivity (Wildman–Crippen MR) is 108 cm³/mol. The molecule has 2 rings (SSSR count). The summed E-state index contributed by atoms with van der Waals surface area (Å²) < 4.78 is 20.1. The molecule has 0 atom stereocenters. The lowest BCUT2D eigenvalue weighted by Gasteiger charge is -2.07. The number of anilines is 1. The molecule has 0 saturated carbocycles. The van der Waals surface area contributed by atoms with Crippen molar-refractivity contribution in [2.75, 3.05) is 26.6 Å². The van der Waals surface area contributed by atoms with Gasteiger partial charge in [0.25, 0.3) is 0 Å². The third-order valence-electron chi connectivity index (χ3n) is 3.77. The maximum absolute atomic E-state index is 12.2. The summed E-state index contributed by atoms with van der Waals surface area (Å²) in [5, 5.41) is 0.0736. The van der Waals surface area contributed by atoms with E-state index in [0.29, 0.717) is 17.9 Å². The molecule has 0 unspecified atom stereocenters. The smallest absolute Gasteiger partial charge is 0.348 e. The van der Waals surface area contributed by atoms with Crippen LogP contribution in [0.3, 0.4) is 0 Å². The van der Waals surface area contributed by atoms with Gasteiger partial charge in [-0.1, -0.05) is 18.2 Å². The monoisotopic (exact) mass is 419 g/mol. The zero-order chi connectivity index (χ0) is 21.4. The predicted octanol–water partition coefficient (Wildman–Crippen LogP) is 3.06. The molecule has 0 aliphatic heterocycles. The van der Waals surface area contributed by atoms with Crippen molar-refractivity contribution < 1.29 is 33.3 Å². The van der Waals surface area contributed by atoms with Gasteiger partial charge in [-0.2, -0.15) is 0 Å². The number of ether oxygens (including phenoxy) is 4. The van der Waals surface area contributed by atoms with Crippen molar-refractivity contribution in [1.82, 2.24) is 0 Å². The van der Waals surface area contributed by atoms with Crippen molar-refractivity contribution in [3.63, 3.8) is 0 Å². The second-order valence-corrected chi connectivity index (χ2v) is 6.60. The zero-order valence-corrected chi connectivity index (χ0v) is 17.0. The minimum Gasteiger partial charge on any atom is -0.493 e. The van der Waals surface area contributed by atoms with E-state index in [1.165, 1.54) is 20.3 Å². The average molecular weight is 419 g/mol. The lowest BCUT2D eigenvalue weighted by Crippen LogP contribution is -2.11. The highest BCUT2D eigenvalue weighted by Gasteiger charge is 2.27. The van der Waals surface area contributed by atoms with Crippen molar-refractivity contribution in [3.8, 4) is 5.75 Å². The fourth-order valence-electron chi connectivity index (χ4n) is 2.46. The van der Waals surface area contributed by atoms with Gasteiger partial charge in [-0.05, 0) is 19.1 Å². The maximum Gasteiger partial charge on any atom is 0.348 e. The Morgan fingerprint density at radius 1 is 1.10 bits per heavy atom. The number of methoxy groups -OCH3 is 2. The van der Waals surface area contributed by atoms with Crippen molar-refractivity contribution in [2.24, 2.45) is 0 Å². The molecule has 0 aliphatic carbocycles. The third kappa shape index (κ3) is 5.35. The molecule has 1 heterocycles. The summed E-state index contributed by atoms with van der Waals surface area (Å²) >= 11 is 0.863. The van der Waals surface area contributed by atoms with E-state index >= 15 is 0 Å². The van der Waals surface area contributed by atoms with Crippen molar-refractivity contribution >= 4 is 40.3 Å². The molecule has 0 radical (unpaired) electrons. The van der Waals surface area contributed by atoms with E-state index in [1.54, 1.807) is 18.2 Å². The highest BCUT2D eigenvalue weighted by Crippen LogP contribution is 2.33. The molecule has 9 heteroatoms. The second kappa shape index (κ2) is 10.3. The fraction of sp³-hybridized carbons (Fsp3) is 0.250. The van der Waals surface area contributed by atoms with Crippen molar-refractivity contribution in [3.05, 3.63) is 51.9 Å². The SMILES string of the molecule is CCOc1ccccc1/C=C/C(=O)OCc1c(C(=O)OC)sc(N)c1C(=O)OC. The summed E-state index contributed by atoms with van der Waals surface area (Å²) in [5.74, 6) is -1.47. The molecule has 0 fully saturated rings. The summed E-state index contributed by atoms with van der Waals surface area (Å²) in [6.45, 7) is 2.00. The molecule has 29 heavy (non-hydrogen) atoms. The fourth-order valence-corrected chi connectivity index (χ4v) is 3.44. The van der Waals surface area contributed by atoms with Gasteiger partial charge in [0.2, 0.25) is 0 Å². The molecule has 2 N–H and O–H groups in total. The summed E-state index contributed by atoms with van der Waals surface area (Å²) in [5.41, 5.74) is 6.67. The summed E-state index contributed by atoms with van der Waals surface area (Å²) in [7, 11) is 2.38. The largest absolute Gasteiger partial charge is 0.493 e. The highest BCUT2D eigenvalue weighted by atomic mass is 32.1. The second-order valence-electron chi connectivity index (χ2n) is 5.54. The van der Waals surface area contributed by atoms with Gasteiger partial charge in [-0.15, -0.1) is 11.3 Å². The van der Waals surface area contributed by atoms with E-state index in [0.717, 1.165) is 11.3 Å². The summed E-state index contributed by atoms with van der Waals surface area (Å²) in [6, 6.07) is 7.21. The van der Waals surface area contributed by atoms with Gasteiger partial charge in [0, 0.05) is 17.2 Å². The number of esters is 3. The van der Waals surface area contributed by atoms with Crippen LogP contribution in [0, 0.1) is 0 Å². The van der Waals surface area contributed by atoms with E-state index < -0.39 is 17.9 Å². The van der Waals surface area contributed by atoms with Crippen LogP contribution in [0.5, 0.6) is 5.75 Å². The Morgan fingerprint density at radius 3 is 2.45 bits per heavy atom. The first kappa shape index (κ1) is 22.0. The van der Waals surface area contributed by atoms with E-state index in [9.17, 15) is 14.4 Å². The summed E-state index contributed by atoms with van der Waals surface area (Å²) in [4.78, 5) is 36.2. The molecule has 1 aromatic heterocycles. The van der Waals surface area contributed by atoms with E-state index in [2.05, 4.69) is 0 Å². The van der Waals surface area contributed by atoms with Crippen molar-refractivity contribution in [1.29, 1.82) is 0 Å². The van der Waals surface area contributed by atoms with E-state index in [-0.39, 0.29) is 27.6 Å². The molecule has 8 nitrogen and oxygen atoms in total. The number of hydrogen-bond donors (Lipinski definition) is 1. The minimum absolute atomic E-state index is 0.0172. The zero-order valence-electron chi connectivity index (χ0n) is 16.2. The molecule has 0 amide bonds. The lowest BCUT2D eigenvalue weighted by atomic mass is 10.1. The van der Waals surface area contributed by atoms with Gasteiger partial charge in [-0.3, -0.25) is 0 Å². The van der Waals surface area contributed by atoms with Gasteiger partial charge in [0.15, 0.2) is 0 Å². The Kier molecular flexibility index (Phi) is 7.79. The van der Waals surface area contributed by atoms with Crippen molar-refractivity contribution in [2.45, 2.75) is 13.5 Å². The van der Waals surface area contributed by atoms with Crippen LogP contribution in [-0.4, -0.2) is 38.7 Å². The number of nitrogen functional groups attached to an aromatic ring is 1. The number of benzene rings is 1. The van der Waals surface area contributed by atoms with Crippen LogP contribution in [0.25, 0.3) is 6.08 Å². The Labute approximate surface area is 171 Å². The number of carbonyl (C=O) groups is 3. The van der Waals surface area contributed by atoms with Gasteiger partial charge in [0.1, 0.15) is 27.8 Å². The average Bonchev–Trinajstić information content (AvgIpc) is 3.06. The Balaban J connectivity index is 2.19. The molecule has 0 bridgehead atoms. The standard InChI is InChI=1S/C20H21NO7S/c1-4-27-14-8-6-5-7-12(14)9-10-15(22)28-11-13-16(19(23)25-2)18(21)29-17(13)20(24)26-3/h5-10H,4,11,21H2,1-3H3/b10-9+. The van der Waals surface area contributed by atoms with Crippen LogP contribution in [-0.2, 0) is 25.6 Å². The van der Waals surface area contributed by atoms with Gasteiger partial charge >= 0.3 is 17.9 Å². The van der Waals surface area contributed by atoms with Gasteiger partial charge < -0.3 is 24.7 Å². The molecule has 0 saturated heterocycles. The van der Waals surface area contributed by atoms with Crippen LogP contribution in [0.15, 0.2) is 30.3 Å². The number of rotatable bonds is 8. The Bertz CT molecular complexity index is 933. The van der Waals surface area contributed by atoms with Gasteiger partial charge in [0.05, 0.1) is 20.8 Å². The molecule has 1 aromatic carbocycles. The number of para-hydroxylation sites is 1. The number of nitrogens with two attached hydrogens (primary N) is 1. The number of hydrogen-bond acceptors (Lipinski definition) is 9. The molecule has 0 aliphatic rings. The Hall–Kier alpha value is -3.33. The molecule has 0 spiro atoms. The van der Waals surface area contributed by atoms with Crippen LogP contribution in [0.2, 0.25) is 0 Å². The first-order valence-electron chi connectivity index (χ1n) is 8.57. The quantitative estimate of drug-likeness (QED) is 0.394. The molecule has 2 aromatic rings. The van der Waals surface area contributed by atoms with Crippen LogP contribution in [0.1, 0.15) is 38.1 Å². The first-order valence-corrected chi connectivity index (χ1v) is 9.38. The number of thiophene rings is 1. The van der Waals surface area contributed by atoms with Crippen LogP contribution in [0.4, 0.5) is 5.00 Å². The van der Waals surface area contributed by atoms with Gasteiger partial charge in [-0.25, -0.2) is 14.4 Å². The molecular formula is C20H21NO7S. The van der Waals surface area contributed by atoms with E-state index in [1.807, 2.05) is 19.1 Å².